The van der Waals surface area contributed by atoms with E-state index in [9.17, 15) is 22.2 Å². The maximum absolute atomic E-state index is 12.6. The molecule has 2 rings (SSSR count). The summed E-state index contributed by atoms with van der Waals surface area (Å²) in [7, 11) is -1.64. The predicted molar refractivity (Wildman–Crippen MR) is 82.8 cm³/mol. The van der Waals surface area contributed by atoms with Crippen molar-refractivity contribution in [2.45, 2.75) is 11.1 Å². The summed E-state index contributed by atoms with van der Waals surface area (Å²) in [6.45, 7) is 0. The summed E-state index contributed by atoms with van der Waals surface area (Å²) in [4.78, 5) is 12.2. The second kappa shape index (κ2) is 7.14. The molecule has 1 amide bonds. The Bertz CT molecular complexity index is 749. The van der Waals surface area contributed by atoms with Crippen LogP contribution in [0.4, 0.5) is 18.9 Å². The van der Waals surface area contributed by atoms with Crippen LogP contribution in [0.15, 0.2) is 53.4 Å². The summed E-state index contributed by atoms with van der Waals surface area (Å²) in [5.74, 6) is -1.03. The number of amides is 1. The van der Waals surface area contributed by atoms with Gasteiger partial charge in [-0.15, -0.1) is 0 Å². The molecule has 0 saturated carbocycles. The first-order valence-corrected chi connectivity index (χ1v) is 8.06. The fourth-order valence-corrected chi connectivity index (χ4v) is 3.00. The van der Waals surface area contributed by atoms with E-state index in [1.165, 1.54) is 18.2 Å². The Balaban J connectivity index is 2.04. The SMILES string of the molecule is O=C(C[S@](=O)c1cccc(Cl)c1)Nc1cccc(C(F)(F)F)c1. The number of carbonyl (C=O) groups excluding carboxylic acids is 1. The van der Waals surface area contributed by atoms with Gasteiger partial charge in [-0.3, -0.25) is 9.00 Å². The van der Waals surface area contributed by atoms with E-state index in [-0.39, 0.29) is 11.4 Å². The second-order valence-electron chi connectivity index (χ2n) is 4.57. The molecule has 0 aromatic heterocycles. The van der Waals surface area contributed by atoms with Crippen molar-refractivity contribution in [1.29, 1.82) is 0 Å². The summed E-state index contributed by atoms with van der Waals surface area (Å²) in [5.41, 5.74) is -0.876. The lowest BCUT2D eigenvalue weighted by Crippen LogP contribution is -2.20. The first-order valence-electron chi connectivity index (χ1n) is 6.37. The van der Waals surface area contributed by atoms with Crippen molar-refractivity contribution in [2.75, 3.05) is 11.1 Å². The molecule has 0 aliphatic heterocycles. The van der Waals surface area contributed by atoms with Crippen molar-refractivity contribution >= 4 is 34.0 Å². The quantitative estimate of drug-likeness (QED) is 0.891. The number of rotatable bonds is 4. The minimum Gasteiger partial charge on any atom is -0.325 e. The first-order chi connectivity index (χ1) is 10.8. The zero-order valence-electron chi connectivity index (χ0n) is 11.6. The standard InChI is InChI=1S/C15H11ClF3NO2S/c16-11-4-2-6-13(8-11)23(22)9-14(21)20-12-5-1-3-10(7-12)15(17,18)19/h1-8H,9H2,(H,20,21)/t23-/m0/s1. The first kappa shape index (κ1) is 17.5. The van der Waals surface area contributed by atoms with Gasteiger partial charge in [-0.25, -0.2) is 0 Å². The summed E-state index contributed by atoms with van der Waals surface area (Å²) in [5, 5.41) is 2.69. The fourth-order valence-electron chi connectivity index (χ4n) is 1.78. The molecule has 3 nitrogen and oxygen atoms in total. The molecule has 0 aliphatic rings. The van der Waals surface area contributed by atoms with Crippen molar-refractivity contribution < 1.29 is 22.2 Å². The molecule has 2 aromatic carbocycles. The highest BCUT2D eigenvalue weighted by atomic mass is 35.5. The Hall–Kier alpha value is -1.86. The van der Waals surface area contributed by atoms with Crippen molar-refractivity contribution in [1.82, 2.24) is 0 Å². The monoisotopic (exact) mass is 361 g/mol. The molecule has 2 aromatic rings. The van der Waals surface area contributed by atoms with E-state index < -0.39 is 28.4 Å². The normalized spacial score (nSPS) is 12.7. The molecule has 122 valence electrons. The zero-order chi connectivity index (χ0) is 17.0. The molecular formula is C15H11ClF3NO2S. The molecule has 1 atom stereocenters. The van der Waals surface area contributed by atoms with Gasteiger partial charge in [0, 0.05) is 15.6 Å². The van der Waals surface area contributed by atoms with Crippen LogP contribution in [-0.2, 0) is 21.8 Å². The average Bonchev–Trinajstić information content (AvgIpc) is 2.46. The lowest BCUT2D eigenvalue weighted by molar-refractivity contribution is -0.137. The molecule has 0 heterocycles. The maximum atomic E-state index is 12.6. The highest BCUT2D eigenvalue weighted by Gasteiger charge is 2.30. The van der Waals surface area contributed by atoms with Gasteiger partial charge in [-0.2, -0.15) is 13.2 Å². The van der Waals surface area contributed by atoms with Crippen LogP contribution in [0.5, 0.6) is 0 Å². The van der Waals surface area contributed by atoms with Crippen LogP contribution in [-0.4, -0.2) is 15.9 Å². The lowest BCUT2D eigenvalue weighted by Gasteiger charge is -2.10. The van der Waals surface area contributed by atoms with Gasteiger partial charge >= 0.3 is 6.18 Å². The van der Waals surface area contributed by atoms with Crippen molar-refractivity contribution in [2.24, 2.45) is 0 Å². The van der Waals surface area contributed by atoms with Gasteiger partial charge in [0.25, 0.3) is 0 Å². The molecule has 0 fully saturated rings. The summed E-state index contributed by atoms with van der Waals surface area (Å²) in [6, 6.07) is 10.5. The zero-order valence-corrected chi connectivity index (χ0v) is 13.1. The number of nitrogens with one attached hydrogen (secondary N) is 1. The number of halogens is 4. The van der Waals surface area contributed by atoms with Crippen LogP contribution in [0.2, 0.25) is 5.02 Å². The minimum atomic E-state index is -4.50. The number of carbonyl (C=O) groups is 1. The van der Waals surface area contributed by atoms with Crippen molar-refractivity contribution in [3.63, 3.8) is 0 Å². The number of hydrogen-bond donors (Lipinski definition) is 1. The highest BCUT2D eigenvalue weighted by Crippen LogP contribution is 2.30. The molecule has 1 N–H and O–H groups in total. The largest absolute Gasteiger partial charge is 0.416 e. The summed E-state index contributed by atoms with van der Waals surface area (Å²) < 4.78 is 49.8. The third-order valence-electron chi connectivity index (χ3n) is 2.79. The third-order valence-corrected chi connectivity index (χ3v) is 4.33. The van der Waals surface area contributed by atoms with E-state index in [1.807, 2.05) is 0 Å². The number of benzene rings is 2. The molecule has 0 unspecified atom stereocenters. The maximum Gasteiger partial charge on any atom is 0.416 e. The lowest BCUT2D eigenvalue weighted by atomic mass is 10.2. The third kappa shape index (κ3) is 5.07. The number of hydrogen-bond acceptors (Lipinski definition) is 2. The number of anilines is 1. The Kier molecular flexibility index (Phi) is 5.43. The van der Waals surface area contributed by atoms with Crippen LogP contribution in [0.1, 0.15) is 5.56 Å². The molecule has 0 aliphatic carbocycles. The minimum absolute atomic E-state index is 0.00656. The Morgan fingerprint density at radius 2 is 1.83 bits per heavy atom. The van der Waals surface area contributed by atoms with Gasteiger partial charge in [0.1, 0.15) is 5.75 Å². The van der Waals surface area contributed by atoms with E-state index in [0.717, 1.165) is 12.1 Å². The van der Waals surface area contributed by atoms with E-state index >= 15 is 0 Å². The molecule has 0 radical (unpaired) electrons. The molecule has 0 spiro atoms. The Morgan fingerprint density at radius 3 is 2.48 bits per heavy atom. The second-order valence-corrected chi connectivity index (χ2v) is 6.46. The summed E-state index contributed by atoms with van der Waals surface area (Å²) >= 11 is 5.77. The average molecular weight is 362 g/mol. The van der Waals surface area contributed by atoms with Crippen molar-refractivity contribution in [3.05, 3.63) is 59.1 Å². The van der Waals surface area contributed by atoms with Crippen molar-refractivity contribution in [3.8, 4) is 0 Å². The molecular weight excluding hydrogens is 351 g/mol. The number of alkyl halides is 3. The van der Waals surface area contributed by atoms with Gasteiger partial charge in [-0.05, 0) is 36.4 Å². The molecule has 8 heteroatoms. The molecule has 23 heavy (non-hydrogen) atoms. The van der Waals surface area contributed by atoms with Gasteiger partial charge in [-0.1, -0.05) is 23.7 Å². The van der Waals surface area contributed by atoms with Crippen LogP contribution in [0.3, 0.4) is 0 Å². The fraction of sp³-hybridized carbons (Fsp3) is 0.133. The van der Waals surface area contributed by atoms with E-state index in [4.69, 9.17) is 11.6 Å². The van der Waals surface area contributed by atoms with Crippen LogP contribution in [0.25, 0.3) is 0 Å². The van der Waals surface area contributed by atoms with Crippen LogP contribution in [0, 0.1) is 0 Å². The van der Waals surface area contributed by atoms with Crippen LogP contribution < -0.4 is 5.32 Å². The molecule has 0 saturated heterocycles. The van der Waals surface area contributed by atoms with Gasteiger partial charge in [0.15, 0.2) is 0 Å². The van der Waals surface area contributed by atoms with E-state index in [2.05, 4.69) is 5.32 Å². The van der Waals surface area contributed by atoms with Gasteiger partial charge in [0.2, 0.25) is 5.91 Å². The molecule has 0 bridgehead atoms. The highest BCUT2D eigenvalue weighted by molar-refractivity contribution is 7.85. The smallest absolute Gasteiger partial charge is 0.325 e. The van der Waals surface area contributed by atoms with E-state index in [0.29, 0.717) is 9.92 Å². The summed E-state index contributed by atoms with van der Waals surface area (Å²) in [6.07, 6.45) is -4.50. The predicted octanol–water partition coefficient (Wildman–Crippen LogP) is 4.11. The Morgan fingerprint density at radius 1 is 1.13 bits per heavy atom. The Labute approximate surface area is 137 Å². The van der Waals surface area contributed by atoms with Crippen LogP contribution >= 0.6 is 11.6 Å². The van der Waals surface area contributed by atoms with Gasteiger partial charge in [0.05, 0.1) is 16.4 Å². The van der Waals surface area contributed by atoms with Gasteiger partial charge < -0.3 is 5.32 Å². The topological polar surface area (TPSA) is 46.2 Å². The van der Waals surface area contributed by atoms with E-state index in [1.54, 1.807) is 18.2 Å².